The molecular weight excluding hydrogens is 290 g/mol. The fraction of sp³-hybridized carbons (Fsp3) is 0.467. The van der Waals surface area contributed by atoms with Gasteiger partial charge in [-0.1, -0.05) is 24.3 Å². The second kappa shape index (κ2) is 7.47. The van der Waals surface area contributed by atoms with Gasteiger partial charge in [-0.25, -0.2) is 0 Å². The Morgan fingerprint density at radius 1 is 1.43 bits per heavy atom. The van der Waals surface area contributed by atoms with Gasteiger partial charge in [0.2, 0.25) is 5.91 Å². The maximum absolute atomic E-state index is 12.7. The number of amides is 1. The number of thioether (sulfide) groups is 1. The lowest BCUT2D eigenvalue weighted by Gasteiger charge is -2.29. The summed E-state index contributed by atoms with van der Waals surface area (Å²) in [6.45, 7) is 0.334. The van der Waals surface area contributed by atoms with Crippen LogP contribution >= 0.6 is 11.8 Å². The number of aliphatic carboxylic acids is 1. The molecule has 21 heavy (non-hydrogen) atoms. The van der Waals surface area contributed by atoms with Crippen LogP contribution in [0.5, 0.6) is 0 Å². The molecule has 2 rings (SSSR count). The van der Waals surface area contributed by atoms with Gasteiger partial charge >= 0.3 is 5.97 Å². The zero-order valence-corrected chi connectivity index (χ0v) is 12.8. The van der Waals surface area contributed by atoms with E-state index in [1.165, 1.54) is 17.6 Å². The smallest absolute Gasteiger partial charge is 0.323 e. The van der Waals surface area contributed by atoms with Gasteiger partial charge in [0.25, 0.3) is 0 Å². The van der Waals surface area contributed by atoms with E-state index in [0.29, 0.717) is 13.2 Å². The minimum atomic E-state index is -1.01. The van der Waals surface area contributed by atoms with Crippen molar-refractivity contribution in [1.29, 1.82) is 0 Å². The van der Waals surface area contributed by atoms with E-state index in [-0.39, 0.29) is 17.7 Å². The molecular formula is C15H19NO4S. The zero-order chi connectivity index (χ0) is 15.2. The lowest BCUT2D eigenvalue weighted by atomic mass is 10.0. The number of fused-ring (bicyclic) bond motifs is 1. The topological polar surface area (TPSA) is 66.8 Å². The Morgan fingerprint density at radius 2 is 2.19 bits per heavy atom. The second-order valence-electron chi connectivity index (χ2n) is 4.85. The van der Waals surface area contributed by atoms with Gasteiger partial charge in [0.05, 0.1) is 6.61 Å². The first-order chi connectivity index (χ1) is 10.1. The molecule has 1 N–H and O–H groups in total. The van der Waals surface area contributed by atoms with Crippen LogP contribution in [0.25, 0.3) is 0 Å². The van der Waals surface area contributed by atoms with Gasteiger partial charge in [-0.15, -0.1) is 11.8 Å². The predicted molar refractivity (Wildman–Crippen MR) is 81.4 cm³/mol. The van der Waals surface area contributed by atoms with Crippen LogP contribution in [0, 0.1) is 0 Å². The van der Waals surface area contributed by atoms with Crippen molar-refractivity contribution in [2.24, 2.45) is 0 Å². The third kappa shape index (κ3) is 3.98. The van der Waals surface area contributed by atoms with Crippen molar-refractivity contribution in [3.63, 3.8) is 0 Å². The van der Waals surface area contributed by atoms with Gasteiger partial charge in [0.15, 0.2) is 0 Å². The zero-order valence-electron chi connectivity index (χ0n) is 11.9. The number of nitrogens with zero attached hydrogens (tertiary/aromatic N) is 1. The summed E-state index contributed by atoms with van der Waals surface area (Å²) in [5.41, 5.74) is 2.18. The summed E-state index contributed by atoms with van der Waals surface area (Å²) in [4.78, 5) is 25.0. The average Bonchev–Trinajstić information content (AvgIpc) is 2.50. The molecule has 0 aliphatic carbocycles. The summed E-state index contributed by atoms with van der Waals surface area (Å²) < 4.78 is 4.97. The standard InChI is InChI=1S/C15H19NO4S/c1-20-8-7-16(10-13(17)18)15(19)14-12-5-3-2-4-11(12)6-9-21-14/h2-5,14H,6-10H2,1H3,(H,17,18). The number of carbonyl (C=O) groups excluding carboxylic acids is 1. The first-order valence-corrected chi connectivity index (χ1v) is 7.87. The summed E-state index contributed by atoms with van der Waals surface area (Å²) in [6.07, 6.45) is 0.946. The molecule has 0 fully saturated rings. The maximum atomic E-state index is 12.7. The van der Waals surface area contributed by atoms with Crippen molar-refractivity contribution < 1.29 is 19.4 Å². The highest BCUT2D eigenvalue weighted by atomic mass is 32.2. The summed E-state index contributed by atoms with van der Waals surface area (Å²) in [6, 6.07) is 7.88. The Labute approximate surface area is 128 Å². The molecule has 0 spiro atoms. The van der Waals surface area contributed by atoms with Gasteiger partial charge in [0, 0.05) is 13.7 Å². The minimum absolute atomic E-state index is 0.147. The van der Waals surface area contributed by atoms with E-state index in [0.717, 1.165) is 17.7 Å². The van der Waals surface area contributed by atoms with Crippen molar-refractivity contribution >= 4 is 23.6 Å². The SMILES string of the molecule is COCCN(CC(=O)O)C(=O)C1SCCc2ccccc21. The summed E-state index contributed by atoms with van der Waals surface area (Å²) >= 11 is 1.58. The van der Waals surface area contributed by atoms with Gasteiger partial charge in [-0.3, -0.25) is 9.59 Å². The number of benzene rings is 1. The Bertz CT molecular complexity index is 520. The summed E-state index contributed by atoms with van der Waals surface area (Å²) in [5, 5.41) is 8.67. The highest BCUT2D eigenvalue weighted by Crippen LogP contribution is 2.37. The van der Waals surface area contributed by atoms with Crippen LogP contribution < -0.4 is 0 Å². The first kappa shape index (κ1) is 15.9. The number of hydrogen-bond donors (Lipinski definition) is 1. The molecule has 5 nitrogen and oxygen atoms in total. The van der Waals surface area contributed by atoms with Gasteiger partial charge in [0.1, 0.15) is 11.8 Å². The lowest BCUT2D eigenvalue weighted by molar-refractivity contribution is -0.144. The largest absolute Gasteiger partial charge is 0.480 e. The van der Waals surface area contributed by atoms with Crippen molar-refractivity contribution in [1.82, 2.24) is 4.90 Å². The molecule has 1 heterocycles. The Kier molecular flexibility index (Phi) is 5.64. The van der Waals surface area contributed by atoms with E-state index >= 15 is 0 Å². The molecule has 0 saturated heterocycles. The molecule has 0 bridgehead atoms. The number of aryl methyl sites for hydroxylation is 1. The van der Waals surface area contributed by atoms with Crippen LogP contribution in [-0.4, -0.2) is 54.4 Å². The fourth-order valence-electron chi connectivity index (χ4n) is 2.40. The molecule has 1 aromatic carbocycles. The molecule has 1 unspecified atom stereocenters. The van der Waals surface area contributed by atoms with Crippen LogP contribution in [0.2, 0.25) is 0 Å². The fourth-order valence-corrected chi connectivity index (χ4v) is 3.67. The van der Waals surface area contributed by atoms with Crippen LogP contribution in [0.3, 0.4) is 0 Å². The number of hydrogen-bond acceptors (Lipinski definition) is 4. The van der Waals surface area contributed by atoms with Crippen LogP contribution in [0.4, 0.5) is 0 Å². The third-order valence-corrected chi connectivity index (χ3v) is 4.65. The number of carbonyl (C=O) groups is 2. The number of ether oxygens (including phenoxy) is 1. The lowest BCUT2D eigenvalue weighted by Crippen LogP contribution is -2.40. The maximum Gasteiger partial charge on any atom is 0.323 e. The Balaban J connectivity index is 2.18. The monoisotopic (exact) mass is 309 g/mol. The second-order valence-corrected chi connectivity index (χ2v) is 6.06. The van der Waals surface area contributed by atoms with Gasteiger partial charge < -0.3 is 14.7 Å². The van der Waals surface area contributed by atoms with Crippen molar-refractivity contribution in [2.45, 2.75) is 11.7 Å². The van der Waals surface area contributed by atoms with E-state index < -0.39 is 5.97 Å². The molecule has 1 amide bonds. The summed E-state index contributed by atoms with van der Waals surface area (Å²) in [7, 11) is 1.54. The summed E-state index contributed by atoms with van der Waals surface area (Å²) in [5.74, 6) is -0.279. The molecule has 0 saturated carbocycles. The normalized spacial score (nSPS) is 17.1. The third-order valence-electron chi connectivity index (χ3n) is 3.42. The van der Waals surface area contributed by atoms with Gasteiger partial charge in [-0.2, -0.15) is 0 Å². The molecule has 1 aromatic rings. The van der Waals surface area contributed by atoms with Crippen molar-refractivity contribution in [3.8, 4) is 0 Å². The first-order valence-electron chi connectivity index (χ1n) is 6.82. The number of carboxylic acids is 1. The average molecular weight is 309 g/mol. The van der Waals surface area contributed by atoms with Crippen molar-refractivity contribution in [2.75, 3.05) is 32.6 Å². The van der Waals surface area contributed by atoms with Crippen LogP contribution in [0.15, 0.2) is 24.3 Å². The molecule has 1 atom stereocenters. The molecule has 1 aliphatic rings. The van der Waals surface area contributed by atoms with Crippen LogP contribution in [0.1, 0.15) is 16.4 Å². The highest BCUT2D eigenvalue weighted by Gasteiger charge is 2.31. The molecule has 0 aromatic heterocycles. The van der Waals surface area contributed by atoms with Crippen LogP contribution in [-0.2, 0) is 20.7 Å². The number of rotatable bonds is 6. The number of methoxy groups -OCH3 is 1. The quantitative estimate of drug-likeness (QED) is 0.864. The minimum Gasteiger partial charge on any atom is -0.480 e. The molecule has 0 radical (unpaired) electrons. The Morgan fingerprint density at radius 3 is 2.90 bits per heavy atom. The Hall–Kier alpha value is -1.53. The van der Waals surface area contributed by atoms with E-state index in [2.05, 4.69) is 0 Å². The predicted octanol–water partition coefficient (Wildman–Crippen LogP) is 1.58. The molecule has 6 heteroatoms. The number of carboxylic acid groups (broad SMARTS) is 1. The van der Waals surface area contributed by atoms with E-state index in [1.807, 2.05) is 24.3 Å². The highest BCUT2D eigenvalue weighted by molar-refractivity contribution is 8.00. The van der Waals surface area contributed by atoms with Crippen molar-refractivity contribution in [3.05, 3.63) is 35.4 Å². The van der Waals surface area contributed by atoms with Gasteiger partial charge in [-0.05, 0) is 23.3 Å². The molecule has 114 valence electrons. The molecule has 1 aliphatic heterocycles. The van der Waals surface area contributed by atoms with E-state index in [9.17, 15) is 9.59 Å². The van der Waals surface area contributed by atoms with E-state index in [4.69, 9.17) is 9.84 Å². The van der Waals surface area contributed by atoms with E-state index in [1.54, 1.807) is 11.8 Å².